The van der Waals surface area contributed by atoms with E-state index in [1.165, 1.54) is 11.1 Å². The van der Waals surface area contributed by atoms with Gasteiger partial charge in [0.1, 0.15) is 0 Å². The van der Waals surface area contributed by atoms with E-state index < -0.39 is 0 Å². The van der Waals surface area contributed by atoms with Gasteiger partial charge >= 0.3 is 0 Å². The molecule has 2 aromatic rings. The molecule has 2 rings (SSSR count). The van der Waals surface area contributed by atoms with Crippen molar-refractivity contribution in [1.29, 1.82) is 0 Å². The number of aliphatic imine (C=N–C) groups is 1. The molecule has 0 bridgehead atoms. The highest BCUT2D eigenvalue weighted by molar-refractivity contribution is 5.93. The van der Waals surface area contributed by atoms with Gasteiger partial charge < -0.3 is 15.5 Å². The summed E-state index contributed by atoms with van der Waals surface area (Å²) in [5.41, 5.74) is 4.34. The number of nitrogens with one attached hydrogen (secondary N) is 2. The van der Waals surface area contributed by atoms with Gasteiger partial charge in [0.15, 0.2) is 5.96 Å². The summed E-state index contributed by atoms with van der Waals surface area (Å²) < 4.78 is 0. The van der Waals surface area contributed by atoms with E-state index in [1.807, 2.05) is 24.3 Å². The number of nitrogens with zero attached hydrogens (tertiary/aromatic N) is 3. The Kier molecular flexibility index (Phi) is 9.53. The first-order valence-corrected chi connectivity index (χ1v) is 10.9. The molecular weight excluding hydrogens is 386 g/mol. The summed E-state index contributed by atoms with van der Waals surface area (Å²) >= 11 is 0. The standard InChI is InChI=1S/C25H37N5O/c1-7-26-25(27-16-20-12-14-21(15-13-20)24(31)29(4)5)28-17-22-10-8-9-11-23(22)18-30(6)19(2)3/h8-15,19H,7,16-18H2,1-6H3,(H2,26,27,28). The maximum atomic E-state index is 12.0. The number of carbonyl (C=O) groups is 1. The van der Waals surface area contributed by atoms with Gasteiger partial charge in [0.05, 0.1) is 6.54 Å². The topological polar surface area (TPSA) is 60.0 Å². The first kappa shape index (κ1) is 24.4. The average Bonchev–Trinajstić information content (AvgIpc) is 2.76. The maximum Gasteiger partial charge on any atom is 0.253 e. The lowest BCUT2D eigenvalue weighted by Gasteiger charge is -2.23. The van der Waals surface area contributed by atoms with E-state index in [2.05, 4.69) is 67.6 Å². The van der Waals surface area contributed by atoms with E-state index in [1.54, 1.807) is 19.0 Å². The van der Waals surface area contributed by atoms with Gasteiger partial charge in [-0.05, 0) is 56.6 Å². The summed E-state index contributed by atoms with van der Waals surface area (Å²) in [6.07, 6.45) is 0. The smallest absolute Gasteiger partial charge is 0.253 e. The monoisotopic (exact) mass is 423 g/mol. The van der Waals surface area contributed by atoms with Crippen LogP contribution in [0.3, 0.4) is 0 Å². The molecular formula is C25H37N5O. The first-order valence-electron chi connectivity index (χ1n) is 10.9. The first-order chi connectivity index (χ1) is 14.8. The lowest BCUT2D eigenvalue weighted by molar-refractivity contribution is 0.0827. The molecule has 2 aromatic carbocycles. The Morgan fingerprint density at radius 1 is 0.968 bits per heavy atom. The summed E-state index contributed by atoms with van der Waals surface area (Å²) in [6.45, 7) is 9.44. The van der Waals surface area contributed by atoms with Gasteiger partial charge in [0, 0.05) is 45.3 Å². The summed E-state index contributed by atoms with van der Waals surface area (Å²) in [5.74, 6) is 0.787. The number of carbonyl (C=O) groups excluding carboxylic acids is 1. The zero-order valence-corrected chi connectivity index (χ0v) is 19.8. The van der Waals surface area contributed by atoms with Crippen LogP contribution in [0.4, 0.5) is 0 Å². The van der Waals surface area contributed by atoms with Crippen molar-refractivity contribution < 1.29 is 4.79 Å². The van der Waals surface area contributed by atoms with Crippen molar-refractivity contribution in [3.63, 3.8) is 0 Å². The van der Waals surface area contributed by atoms with Gasteiger partial charge in [-0.15, -0.1) is 0 Å². The van der Waals surface area contributed by atoms with Crippen molar-refractivity contribution in [2.24, 2.45) is 4.99 Å². The van der Waals surface area contributed by atoms with E-state index >= 15 is 0 Å². The highest BCUT2D eigenvalue weighted by Gasteiger charge is 2.09. The van der Waals surface area contributed by atoms with Crippen molar-refractivity contribution in [2.75, 3.05) is 27.7 Å². The van der Waals surface area contributed by atoms with Crippen molar-refractivity contribution >= 4 is 11.9 Å². The molecule has 0 aliphatic carbocycles. The highest BCUT2D eigenvalue weighted by atomic mass is 16.2. The molecule has 0 fully saturated rings. The van der Waals surface area contributed by atoms with Gasteiger partial charge in [0.2, 0.25) is 0 Å². The second kappa shape index (κ2) is 12.1. The molecule has 0 spiro atoms. The fourth-order valence-electron chi connectivity index (χ4n) is 3.04. The molecule has 6 heteroatoms. The fraction of sp³-hybridized carbons (Fsp3) is 0.440. The Morgan fingerprint density at radius 3 is 2.19 bits per heavy atom. The normalized spacial score (nSPS) is 11.7. The number of hydrogen-bond acceptors (Lipinski definition) is 3. The van der Waals surface area contributed by atoms with Gasteiger partial charge in [-0.1, -0.05) is 36.4 Å². The molecule has 0 radical (unpaired) electrons. The van der Waals surface area contributed by atoms with Crippen LogP contribution in [0.15, 0.2) is 53.5 Å². The molecule has 0 aromatic heterocycles. The van der Waals surface area contributed by atoms with Crippen LogP contribution < -0.4 is 10.6 Å². The molecule has 6 nitrogen and oxygen atoms in total. The van der Waals surface area contributed by atoms with Crippen LogP contribution in [-0.2, 0) is 19.6 Å². The lowest BCUT2D eigenvalue weighted by Crippen LogP contribution is -2.37. The second-order valence-electron chi connectivity index (χ2n) is 8.22. The largest absolute Gasteiger partial charge is 0.357 e. The maximum absolute atomic E-state index is 12.0. The molecule has 31 heavy (non-hydrogen) atoms. The third kappa shape index (κ3) is 7.72. The summed E-state index contributed by atoms with van der Waals surface area (Å²) in [7, 11) is 5.67. The lowest BCUT2D eigenvalue weighted by atomic mass is 10.1. The summed E-state index contributed by atoms with van der Waals surface area (Å²) in [6, 6.07) is 16.7. The number of amides is 1. The Bertz CT molecular complexity index is 858. The zero-order valence-electron chi connectivity index (χ0n) is 19.8. The van der Waals surface area contributed by atoms with Gasteiger partial charge in [-0.3, -0.25) is 9.69 Å². The van der Waals surface area contributed by atoms with Crippen LogP contribution in [0.2, 0.25) is 0 Å². The van der Waals surface area contributed by atoms with Crippen molar-refractivity contribution in [3.8, 4) is 0 Å². The Balaban J connectivity index is 2.03. The van der Waals surface area contributed by atoms with E-state index in [4.69, 9.17) is 4.99 Å². The van der Waals surface area contributed by atoms with Crippen LogP contribution in [0, 0.1) is 0 Å². The van der Waals surface area contributed by atoms with E-state index in [0.717, 1.165) is 24.6 Å². The molecule has 1 amide bonds. The highest BCUT2D eigenvalue weighted by Crippen LogP contribution is 2.13. The van der Waals surface area contributed by atoms with Gasteiger partial charge in [-0.25, -0.2) is 4.99 Å². The summed E-state index contributed by atoms with van der Waals surface area (Å²) in [5, 5.41) is 6.77. The Hall–Kier alpha value is -2.86. The SMILES string of the molecule is CCNC(=NCc1ccc(C(=O)N(C)C)cc1)NCc1ccccc1CN(C)C(C)C. The van der Waals surface area contributed by atoms with E-state index in [0.29, 0.717) is 24.7 Å². The average molecular weight is 424 g/mol. The Morgan fingerprint density at radius 2 is 1.61 bits per heavy atom. The number of benzene rings is 2. The van der Waals surface area contributed by atoms with Crippen molar-refractivity contribution in [3.05, 3.63) is 70.8 Å². The van der Waals surface area contributed by atoms with Crippen LogP contribution in [0.25, 0.3) is 0 Å². The number of rotatable bonds is 9. The summed E-state index contributed by atoms with van der Waals surface area (Å²) in [4.78, 5) is 20.7. The van der Waals surface area contributed by atoms with Crippen LogP contribution in [0.5, 0.6) is 0 Å². The van der Waals surface area contributed by atoms with Crippen molar-refractivity contribution in [1.82, 2.24) is 20.4 Å². The van der Waals surface area contributed by atoms with Gasteiger partial charge in [-0.2, -0.15) is 0 Å². The molecule has 0 aliphatic heterocycles. The third-order valence-electron chi connectivity index (χ3n) is 5.24. The molecule has 0 atom stereocenters. The van der Waals surface area contributed by atoms with E-state index in [9.17, 15) is 4.79 Å². The molecule has 0 unspecified atom stereocenters. The molecule has 2 N–H and O–H groups in total. The zero-order chi connectivity index (χ0) is 22.8. The van der Waals surface area contributed by atoms with Crippen molar-refractivity contribution in [2.45, 2.75) is 46.4 Å². The second-order valence-corrected chi connectivity index (χ2v) is 8.22. The van der Waals surface area contributed by atoms with Gasteiger partial charge in [0.25, 0.3) is 5.91 Å². The predicted molar refractivity (Wildman–Crippen MR) is 129 cm³/mol. The quantitative estimate of drug-likeness (QED) is 0.479. The minimum Gasteiger partial charge on any atom is -0.357 e. The molecule has 0 saturated heterocycles. The molecule has 0 heterocycles. The minimum atomic E-state index is 0.00633. The molecule has 0 saturated carbocycles. The van der Waals surface area contributed by atoms with Crippen LogP contribution in [0.1, 0.15) is 47.8 Å². The molecule has 0 aliphatic rings. The number of hydrogen-bond donors (Lipinski definition) is 2. The Labute approximate surface area is 187 Å². The van der Waals surface area contributed by atoms with E-state index in [-0.39, 0.29) is 5.91 Å². The van der Waals surface area contributed by atoms with Crippen LogP contribution >= 0.6 is 0 Å². The minimum absolute atomic E-state index is 0.00633. The molecule has 168 valence electrons. The fourth-order valence-corrected chi connectivity index (χ4v) is 3.04. The number of guanidine groups is 1. The predicted octanol–water partition coefficient (Wildman–Crippen LogP) is 3.48. The van der Waals surface area contributed by atoms with Crippen LogP contribution in [-0.4, -0.2) is 55.4 Å². The third-order valence-corrected chi connectivity index (χ3v) is 5.24.